The molecule has 2 aliphatic heterocycles. The van der Waals surface area contributed by atoms with Crippen molar-refractivity contribution >= 4 is 15.7 Å². The number of benzene rings is 1. The molecule has 0 saturated carbocycles. The van der Waals surface area contributed by atoms with Crippen molar-refractivity contribution in [3.8, 4) is 0 Å². The lowest BCUT2D eigenvalue weighted by Gasteiger charge is -2.24. The zero-order chi connectivity index (χ0) is 15.9. The zero-order valence-corrected chi connectivity index (χ0v) is 13.2. The monoisotopic (exact) mass is 325 g/mol. The molecule has 120 valence electrons. The number of nitrogens with zero attached hydrogens (tertiary/aromatic N) is 2. The molecule has 1 aromatic carbocycles. The number of hydrogen-bond acceptors (Lipinski definition) is 5. The Bertz CT molecular complexity index is 704. The summed E-state index contributed by atoms with van der Waals surface area (Å²) in [7, 11) is -3.86. The Morgan fingerprint density at radius 2 is 2.00 bits per heavy atom. The van der Waals surface area contributed by atoms with Crippen LogP contribution < -0.4 is 5.32 Å². The molecule has 0 radical (unpaired) electrons. The molecule has 2 aliphatic rings. The fourth-order valence-corrected chi connectivity index (χ4v) is 5.24. The van der Waals surface area contributed by atoms with Crippen LogP contribution in [-0.4, -0.2) is 42.8 Å². The summed E-state index contributed by atoms with van der Waals surface area (Å²) in [5.74, 6) is 0. The number of nitro benzene ring substituents is 1. The molecule has 7 nitrogen and oxygen atoms in total. The SMILES string of the molecule is Cc1cccc([N+](=O)[O-])c1S(=O)(=O)N1CCC2CCC(C1)N2. The fraction of sp³-hybridized carbons (Fsp3) is 0.571. The third-order valence-electron chi connectivity index (χ3n) is 4.47. The van der Waals surface area contributed by atoms with Gasteiger partial charge in [0.25, 0.3) is 5.69 Å². The first-order valence-corrected chi connectivity index (χ1v) is 8.84. The van der Waals surface area contributed by atoms with E-state index in [2.05, 4.69) is 5.32 Å². The van der Waals surface area contributed by atoms with E-state index >= 15 is 0 Å². The average molecular weight is 325 g/mol. The van der Waals surface area contributed by atoms with Crippen LogP contribution >= 0.6 is 0 Å². The van der Waals surface area contributed by atoms with Crippen LogP contribution in [0.15, 0.2) is 23.1 Å². The molecule has 2 bridgehead atoms. The quantitative estimate of drug-likeness (QED) is 0.670. The maximum atomic E-state index is 13.0. The molecule has 2 atom stereocenters. The van der Waals surface area contributed by atoms with Crippen molar-refractivity contribution in [1.82, 2.24) is 9.62 Å². The van der Waals surface area contributed by atoms with Gasteiger partial charge in [-0.2, -0.15) is 4.31 Å². The molecule has 2 unspecified atom stereocenters. The van der Waals surface area contributed by atoms with Gasteiger partial charge in [0.05, 0.1) is 4.92 Å². The van der Waals surface area contributed by atoms with Crippen LogP contribution in [0, 0.1) is 17.0 Å². The van der Waals surface area contributed by atoms with Gasteiger partial charge in [-0.3, -0.25) is 10.1 Å². The van der Waals surface area contributed by atoms with E-state index in [-0.39, 0.29) is 16.6 Å². The Hall–Kier alpha value is -1.51. The first-order valence-electron chi connectivity index (χ1n) is 7.40. The van der Waals surface area contributed by atoms with E-state index in [1.165, 1.54) is 16.4 Å². The third-order valence-corrected chi connectivity index (χ3v) is 6.53. The van der Waals surface area contributed by atoms with Gasteiger partial charge in [-0.1, -0.05) is 12.1 Å². The maximum Gasteiger partial charge on any atom is 0.289 e. The number of aryl methyl sites for hydroxylation is 1. The molecule has 3 rings (SSSR count). The maximum absolute atomic E-state index is 13.0. The van der Waals surface area contributed by atoms with Gasteiger partial charge in [0, 0.05) is 31.2 Å². The predicted molar refractivity (Wildman–Crippen MR) is 81.2 cm³/mol. The molecule has 2 heterocycles. The first kappa shape index (κ1) is 15.4. The molecule has 2 fully saturated rings. The van der Waals surface area contributed by atoms with E-state index < -0.39 is 14.9 Å². The standard InChI is InChI=1S/C14H19N3O4S/c1-10-3-2-4-13(17(18)19)14(10)22(20,21)16-8-7-11-5-6-12(9-16)15-11/h2-4,11-12,15H,5-9H2,1H3. The summed E-state index contributed by atoms with van der Waals surface area (Å²) in [6, 6.07) is 4.87. The van der Waals surface area contributed by atoms with Crippen LogP contribution in [0.3, 0.4) is 0 Å². The first-order chi connectivity index (χ1) is 10.4. The predicted octanol–water partition coefficient (Wildman–Crippen LogP) is 1.42. The molecular formula is C14H19N3O4S. The molecule has 2 saturated heterocycles. The van der Waals surface area contributed by atoms with Gasteiger partial charge in [0.1, 0.15) is 0 Å². The van der Waals surface area contributed by atoms with E-state index in [0.29, 0.717) is 24.7 Å². The summed E-state index contributed by atoms with van der Waals surface area (Å²) >= 11 is 0. The van der Waals surface area contributed by atoms with E-state index in [0.717, 1.165) is 19.3 Å². The highest BCUT2D eigenvalue weighted by atomic mass is 32.2. The van der Waals surface area contributed by atoms with Crippen LogP contribution in [0.5, 0.6) is 0 Å². The Labute approximate surface area is 129 Å². The topological polar surface area (TPSA) is 92.5 Å². The number of sulfonamides is 1. The van der Waals surface area contributed by atoms with Gasteiger partial charge in [-0.15, -0.1) is 0 Å². The van der Waals surface area contributed by atoms with Crippen LogP contribution in [0.1, 0.15) is 24.8 Å². The van der Waals surface area contributed by atoms with E-state index in [1.54, 1.807) is 13.0 Å². The fourth-order valence-electron chi connectivity index (χ4n) is 3.37. The summed E-state index contributed by atoms with van der Waals surface area (Å²) in [5, 5.41) is 14.6. The van der Waals surface area contributed by atoms with Crippen LogP contribution in [0.25, 0.3) is 0 Å². The number of rotatable bonds is 3. The summed E-state index contributed by atoms with van der Waals surface area (Å²) in [5.41, 5.74) is 0.0685. The minimum absolute atomic E-state index is 0.144. The minimum Gasteiger partial charge on any atom is -0.310 e. The highest BCUT2D eigenvalue weighted by Crippen LogP contribution is 2.32. The molecule has 1 N–H and O–H groups in total. The highest BCUT2D eigenvalue weighted by molar-refractivity contribution is 7.89. The van der Waals surface area contributed by atoms with Crippen molar-refractivity contribution in [3.05, 3.63) is 33.9 Å². The summed E-state index contributed by atoms with van der Waals surface area (Å²) in [6.07, 6.45) is 2.77. The number of fused-ring (bicyclic) bond motifs is 2. The van der Waals surface area contributed by atoms with Gasteiger partial charge >= 0.3 is 0 Å². The van der Waals surface area contributed by atoms with Crippen molar-refractivity contribution in [2.75, 3.05) is 13.1 Å². The van der Waals surface area contributed by atoms with Gasteiger partial charge < -0.3 is 5.32 Å². The molecular weight excluding hydrogens is 306 g/mol. The van der Waals surface area contributed by atoms with Crippen molar-refractivity contribution in [1.29, 1.82) is 0 Å². The van der Waals surface area contributed by atoms with Crippen molar-refractivity contribution < 1.29 is 13.3 Å². The normalized spacial score (nSPS) is 25.9. The number of nitro groups is 1. The summed E-state index contributed by atoms with van der Waals surface area (Å²) in [4.78, 5) is 10.4. The second kappa shape index (κ2) is 5.60. The van der Waals surface area contributed by atoms with Gasteiger partial charge in [-0.05, 0) is 31.7 Å². The molecule has 0 spiro atoms. The second-order valence-corrected chi connectivity index (χ2v) is 7.84. The van der Waals surface area contributed by atoms with E-state index in [1.807, 2.05) is 0 Å². The lowest BCUT2D eigenvalue weighted by Crippen LogP contribution is -2.39. The van der Waals surface area contributed by atoms with Crippen LogP contribution in [-0.2, 0) is 10.0 Å². The molecule has 0 amide bonds. The average Bonchev–Trinajstić information content (AvgIpc) is 2.76. The van der Waals surface area contributed by atoms with Gasteiger partial charge in [0.2, 0.25) is 10.0 Å². The molecule has 1 aromatic rings. The van der Waals surface area contributed by atoms with Crippen molar-refractivity contribution in [2.45, 2.75) is 43.2 Å². The number of nitrogens with one attached hydrogen (secondary N) is 1. The minimum atomic E-state index is -3.86. The molecule has 22 heavy (non-hydrogen) atoms. The molecule has 0 aromatic heterocycles. The number of hydrogen-bond donors (Lipinski definition) is 1. The Balaban J connectivity index is 2.01. The van der Waals surface area contributed by atoms with E-state index in [9.17, 15) is 18.5 Å². The lowest BCUT2D eigenvalue weighted by atomic mass is 10.1. The highest BCUT2D eigenvalue weighted by Gasteiger charge is 2.38. The zero-order valence-electron chi connectivity index (χ0n) is 12.4. The summed E-state index contributed by atoms with van der Waals surface area (Å²) in [6.45, 7) is 2.38. The van der Waals surface area contributed by atoms with Crippen LogP contribution in [0.2, 0.25) is 0 Å². The van der Waals surface area contributed by atoms with Crippen molar-refractivity contribution in [3.63, 3.8) is 0 Å². The van der Waals surface area contributed by atoms with E-state index in [4.69, 9.17) is 0 Å². The summed E-state index contributed by atoms with van der Waals surface area (Å²) < 4.78 is 27.3. The second-order valence-electron chi connectivity index (χ2n) is 5.97. The molecule has 0 aliphatic carbocycles. The Morgan fingerprint density at radius 3 is 2.73 bits per heavy atom. The largest absolute Gasteiger partial charge is 0.310 e. The lowest BCUT2D eigenvalue weighted by molar-refractivity contribution is -0.387. The van der Waals surface area contributed by atoms with Crippen molar-refractivity contribution in [2.24, 2.45) is 0 Å². The smallest absolute Gasteiger partial charge is 0.289 e. The third kappa shape index (κ3) is 2.62. The van der Waals surface area contributed by atoms with Gasteiger partial charge in [0.15, 0.2) is 4.90 Å². The van der Waals surface area contributed by atoms with Gasteiger partial charge in [-0.25, -0.2) is 8.42 Å². The Kier molecular flexibility index (Phi) is 3.92. The molecule has 8 heteroatoms. The Morgan fingerprint density at radius 1 is 1.27 bits per heavy atom. The van der Waals surface area contributed by atoms with Crippen LogP contribution in [0.4, 0.5) is 5.69 Å².